The highest BCUT2D eigenvalue weighted by molar-refractivity contribution is 6.56. The Kier molecular flexibility index (Phi) is 4.13. The van der Waals surface area contributed by atoms with Crippen molar-refractivity contribution in [2.24, 2.45) is 0 Å². The van der Waals surface area contributed by atoms with Crippen LogP contribution in [0, 0.1) is 6.92 Å². The summed E-state index contributed by atoms with van der Waals surface area (Å²) in [6.07, 6.45) is 2.00. The molecule has 1 aliphatic carbocycles. The zero-order valence-corrected chi connectivity index (χ0v) is 16.4. The van der Waals surface area contributed by atoms with Crippen LogP contribution in [0.4, 0.5) is 0 Å². The Morgan fingerprint density at radius 2 is 1.50 bits per heavy atom. The van der Waals surface area contributed by atoms with Crippen molar-refractivity contribution in [3.8, 4) is 0 Å². The summed E-state index contributed by atoms with van der Waals surface area (Å²) in [7, 11) is -0.287. The normalized spacial score (nSPS) is 21.0. The summed E-state index contributed by atoms with van der Waals surface area (Å²) in [6, 6.07) is 17.4. The standard InChI is InChI=1S/C23H27BO2/c1-16-11-13-19-18(15-16)12-14-20(21(19)17-9-7-6-8-10-17)24-25-22(2,3)23(4,5)26-24/h6-11,13,15H,12,14H2,1-5H3. The Morgan fingerprint density at radius 1 is 0.846 bits per heavy atom. The number of allylic oxidation sites excluding steroid dienone is 1. The van der Waals surface area contributed by atoms with Crippen LogP contribution in [-0.2, 0) is 15.7 Å². The van der Waals surface area contributed by atoms with E-state index in [4.69, 9.17) is 9.31 Å². The lowest BCUT2D eigenvalue weighted by Crippen LogP contribution is -2.41. The van der Waals surface area contributed by atoms with Gasteiger partial charge in [-0.25, -0.2) is 0 Å². The maximum Gasteiger partial charge on any atom is 0.491 e. The molecule has 2 aromatic carbocycles. The fourth-order valence-corrected chi connectivity index (χ4v) is 3.91. The highest BCUT2D eigenvalue weighted by Gasteiger charge is 2.53. The number of hydrogen-bond donors (Lipinski definition) is 0. The van der Waals surface area contributed by atoms with Crippen molar-refractivity contribution in [2.45, 2.75) is 58.7 Å². The van der Waals surface area contributed by atoms with Gasteiger partial charge in [0.05, 0.1) is 11.2 Å². The Balaban J connectivity index is 1.88. The molecule has 1 fully saturated rings. The molecule has 4 rings (SSSR count). The van der Waals surface area contributed by atoms with E-state index in [1.165, 1.54) is 33.3 Å². The van der Waals surface area contributed by atoms with Crippen LogP contribution < -0.4 is 0 Å². The summed E-state index contributed by atoms with van der Waals surface area (Å²) in [5, 5.41) is 0. The summed E-state index contributed by atoms with van der Waals surface area (Å²) in [5.74, 6) is 0. The minimum Gasteiger partial charge on any atom is -0.400 e. The van der Waals surface area contributed by atoms with Gasteiger partial charge in [0.2, 0.25) is 0 Å². The van der Waals surface area contributed by atoms with Gasteiger partial charge in [-0.1, -0.05) is 54.1 Å². The summed E-state index contributed by atoms with van der Waals surface area (Å²) in [6.45, 7) is 10.6. The molecule has 0 unspecified atom stereocenters. The fraction of sp³-hybridized carbons (Fsp3) is 0.391. The summed E-state index contributed by atoms with van der Waals surface area (Å²) in [4.78, 5) is 0. The molecule has 0 spiro atoms. The van der Waals surface area contributed by atoms with E-state index in [1.807, 2.05) is 0 Å². The third kappa shape index (κ3) is 2.84. The van der Waals surface area contributed by atoms with E-state index in [-0.39, 0.29) is 18.3 Å². The quantitative estimate of drug-likeness (QED) is 0.680. The maximum absolute atomic E-state index is 6.41. The first-order valence-corrected chi connectivity index (χ1v) is 9.52. The molecule has 0 N–H and O–H groups in total. The molecule has 1 saturated heterocycles. The Morgan fingerprint density at radius 3 is 2.15 bits per heavy atom. The second kappa shape index (κ2) is 6.11. The third-order valence-electron chi connectivity index (χ3n) is 6.12. The van der Waals surface area contributed by atoms with Crippen LogP contribution in [-0.4, -0.2) is 18.3 Å². The number of benzene rings is 2. The highest BCUT2D eigenvalue weighted by Crippen LogP contribution is 2.44. The van der Waals surface area contributed by atoms with Crippen LogP contribution >= 0.6 is 0 Å². The molecule has 26 heavy (non-hydrogen) atoms. The summed E-state index contributed by atoms with van der Waals surface area (Å²) >= 11 is 0. The van der Waals surface area contributed by atoms with Gasteiger partial charge < -0.3 is 9.31 Å². The molecule has 3 heteroatoms. The fourth-order valence-electron chi connectivity index (χ4n) is 3.91. The van der Waals surface area contributed by atoms with Crippen LogP contribution in [0.5, 0.6) is 0 Å². The van der Waals surface area contributed by atoms with Gasteiger partial charge >= 0.3 is 7.12 Å². The van der Waals surface area contributed by atoms with Crippen LogP contribution in [0.15, 0.2) is 54.0 Å². The van der Waals surface area contributed by atoms with Crippen molar-refractivity contribution < 1.29 is 9.31 Å². The van der Waals surface area contributed by atoms with E-state index in [0.29, 0.717) is 0 Å². The average Bonchev–Trinajstić information content (AvgIpc) is 2.82. The van der Waals surface area contributed by atoms with Gasteiger partial charge in [-0.2, -0.15) is 0 Å². The Bertz CT molecular complexity index is 849. The van der Waals surface area contributed by atoms with Crippen LogP contribution in [0.2, 0.25) is 0 Å². The predicted octanol–water partition coefficient (Wildman–Crippen LogP) is 5.37. The molecule has 1 aliphatic heterocycles. The molecule has 0 amide bonds. The molecule has 0 saturated carbocycles. The Hall–Kier alpha value is -1.84. The second-order valence-electron chi connectivity index (χ2n) is 8.52. The van der Waals surface area contributed by atoms with Crippen molar-refractivity contribution in [2.75, 3.05) is 0 Å². The highest BCUT2D eigenvalue weighted by atomic mass is 16.7. The molecule has 2 nitrogen and oxygen atoms in total. The van der Waals surface area contributed by atoms with Gasteiger partial charge in [0, 0.05) is 0 Å². The zero-order valence-electron chi connectivity index (χ0n) is 16.4. The molecule has 2 aromatic rings. The van der Waals surface area contributed by atoms with E-state index >= 15 is 0 Å². The molecule has 134 valence electrons. The SMILES string of the molecule is Cc1ccc2c(c1)CCC(B1OC(C)(C)C(C)(C)O1)=C2c1ccccc1. The third-order valence-corrected chi connectivity index (χ3v) is 6.12. The summed E-state index contributed by atoms with van der Waals surface area (Å²) < 4.78 is 12.8. The van der Waals surface area contributed by atoms with Gasteiger partial charge in [-0.15, -0.1) is 0 Å². The molecule has 0 aromatic heterocycles. The van der Waals surface area contributed by atoms with E-state index in [2.05, 4.69) is 83.1 Å². The van der Waals surface area contributed by atoms with Gasteiger partial charge in [0.1, 0.15) is 0 Å². The zero-order chi connectivity index (χ0) is 18.5. The number of fused-ring (bicyclic) bond motifs is 1. The number of aryl methyl sites for hydroxylation is 2. The van der Waals surface area contributed by atoms with Crippen LogP contribution in [0.1, 0.15) is 56.4 Å². The lowest BCUT2D eigenvalue weighted by atomic mass is 9.66. The van der Waals surface area contributed by atoms with Gasteiger partial charge in [0.25, 0.3) is 0 Å². The van der Waals surface area contributed by atoms with Gasteiger partial charge in [-0.3, -0.25) is 0 Å². The van der Waals surface area contributed by atoms with Gasteiger partial charge in [-0.05, 0) is 75.2 Å². The number of rotatable bonds is 2. The van der Waals surface area contributed by atoms with Crippen molar-refractivity contribution in [3.63, 3.8) is 0 Å². The monoisotopic (exact) mass is 346 g/mol. The second-order valence-corrected chi connectivity index (χ2v) is 8.52. The van der Waals surface area contributed by atoms with E-state index in [9.17, 15) is 0 Å². The first-order valence-electron chi connectivity index (χ1n) is 9.52. The topological polar surface area (TPSA) is 18.5 Å². The largest absolute Gasteiger partial charge is 0.491 e. The molecule has 1 heterocycles. The van der Waals surface area contributed by atoms with Gasteiger partial charge in [0.15, 0.2) is 0 Å². The van der Waals surface area contributed by atoms with Crippen molar-refractivity contribution >= 4 is 12.7 Å². The minimum absolute atomic E-state index is 0.287. The maximum atomic E-state index is 6.41. The van der Waals surface area contributed by atoms with Crippen LogP contribution in [0.25, 0.3) is 5.57 Å². The van der Waals surface area contributed by atoms with E-state index in [0.717, 1.165) is 12.8 Å². The molecular formula is C23H27BO2. The molecular weight excluding hydrogens is 319 g/mol. The molecule has 2 aliphatic rings. The first-order chi connectivity index (χ1) is 12.3. The average molecular weight is 346 g/mol. The smallest absolute Gasteiger partial charge is 0.400 e. The van der Waals surface area contributed by atoms with Crippen molar-refractivity contribution in [3.05, 3.63) is 76.3 Å². The predicted molar refractivity (Wildman–Crippen MR) is 108 cm³/mol. The lowest BCUT2D eigenvalue weighted by molar-refractivity contribution is 0.00578. The lowest BCUT2D eigenvalue weighted by Gasteiger charge is -2.32. The summed E-state index contributed by atoms with van der Waals surface area (Å²) in [5.41, 5.74) is 7.20. The number of hydrogen-bond acceptors (Lipinski definition) is 2. The van der Waals surface area contributed by atoms with Crippen molar-refractivity contribution in [1.82, 2.24) is 0 Å². The first kappa shape index (κ1) is 17.6. The minimum atomic E-state index is -0.319. The van der Waals surface area contributed by atoms with E-state index in [1.54, 1.807) is 0 Å². The molecule has 0 bridgehead atoms. The van der Waals surface area contributed by atoms with Crippen LogP contribution in [0.3, 0.4) is 0 Å². The van der Waals surface area contributed by atoms with Crippen molar-refractivity contribution in [1.29, 1.82) is 0 Å². The Labute approximate surface area is 157 Å². The van der Waals surface area contributed by atoms with E-state index < -0.39 is 0 Å². The molecule has 0 radical (unpaired) electrons. The molecule has 0 atom stereocenters.